The second kappa shape index (κ2) is 4.44. The largest absolute Gasteiger partial charge is 0.398 e. The minimum absolute atomic E-state index is 0.0609. The van der Waals surface area contributed by atoms with E-state index in [2.05, 4.69) is 4.90 Å². The standard InChI is InChI=1S/C12H15ClN2O/c1-15-5-4-8(7-15)12(16)10-6-9(13)2-3-11(10)14/h2-3,6,8H,4-5,7,14H2,1H3. The van der Waals surface area contributed by atoms with Crippen molar-refractivity contribution in [3.8, 4) is 0 Å². The SMILES string of the molecule is CN1CCC(C(=O)c2cc(Cl)ccc2N)C1. The Kier molecular flexibility index (Phi) is 3.17. The van der Waals surface area contributed by atoms with E-state index >= 15 is 0 Å². The van der Waals surface area contributed by atoms with Crippen LogP contribution in [-0.2, 0) is 0 Å². The van der Waals surface area contributed by atoms with Crippen molar-refractivity contribution in [3.63, 3.8) is 0 Å². The van der Waals surface area contributed by atoms with Gasteiger partial charge in [0, 0.05) is 28.7 Å². The molecule has 0 aromatic heterocycles. The first-order chi connectivity index (χ1) is 7.58. The smallest absolute Gasteiger partial charge is 0.169 e. The van der Waals surface area contributed by atoms with Crippen LogP contribution in [0.5, 0.6) is 0 Å². The summed E-state index contributed by atoms with van der Waals surface area (Å²) in [6.45, 7) is 1.78. The molecule has 0 amide bonds. The summed E-state index contributed by atoms with van der Waals surface area (Å²) in [4.78, 5) is 14.4. The second-order valence-electron chi connectivity index (χ2n) is 4.34. The number of nitrogens with two attached hydrogens (primary N) is 1. The fourth-order valence-corrected chi connectivity index (χ4v) is 2.28. The predicted molar refractivity (Wildman–Crippen MR) is 65.8 cm³/mol. The van der Waals surface area contributed by atoms with Gasteiger partial charge in [0.15, 0.2) is 5.78 Å². The monoisotopic (exact) mass is 238 g/mol. The lowest BCUT2D eigenvalue weighted by Crippen LogP contribution is -2.20. The first-order valence-corrected chi connectivity index (χ1v) is 5.73. The highest BCUT2D eigenvalue weighted by Crippen LogP contribution is 2.25. The summed E-state index contributed by atoms with van der Waals surface area (Å²) in [5, 5.41) is 0.559. The summed E-state index contributed by atoms with van der Waals surface area (Å²) >= 11 is 5.88. The van der Waals surface area contributed by atoms with Crippen LogP contribution in [0.4, 0.5) is 5.69 Å². The summed E-state index contributed by atoms with van der Waals surface area (Å²) in [5.41, 5.74) is 6.88. The van der Waals surface area contributed by atoms with E-state index in [4.69, 9.17) is 17.3 Å². The van der Waals surface area contributed by atoms with Crippen LogP contribution in [0.15, 0.2) is 18.2 Å². The van der Waals surface area contributed by atoms with Crippen molar-refractivity contribution in [2.24, 2.45) is 5.92 Å². The Labute approximate surface area is 100 Å². The first kappa shape index (κ1) is 11.4. The van der Waals surface area contributed by atoms with E-state index < -0.39 is 0 Å². The molecular weight excluding hydrogens is 224 g/mol. The Balaban J connectivity index is 2.23. The van der Waals surface area contributed by atoms with Crippen molar-refractivity contribution in [1.82, 2.24) is 4.90 Å². The molecule has 1 atom stereocenters. The van der Waals surface area contributed by atoms with E-state index in [0.717, 1.165) is 19.5 Å². The Morgan fingerprint density at radius 2 is 2.31 bits per heavy atom. The molecule has 16 heavy (non-hydrogen) atoms. The molecule has 86 valence electrons. The number of nitrogens with zero attached hydrogens (tertiary/aromatic N) is 1. The van der Waals surface area contributed by atoms with Gasteiger partial charge in [-0.2, -0.15) is 0 Å². The number of nitrogen functional groups attached to an aromatic ring is 1. The number of halogens is 1. The van der Waals surface area contributed by atoms with Gasteiger partial charge in [-0.1, -0.05) is 11.6 Å². The highest BCUT2D eigenvalue weighted by Gasteiger charge is 2.27. The van der Waals surface area contributed by atoms with E-state index in [1.165, 1.54) is 0 Å². The van der Waals surface area contributed by atoms with E-state index in [9.17, 15) is 4.79 Å². The number of hydrogen-bond donors (Lipinski definition) is 1. The normalized spacial score (nSPS) is 21.2. The van der Waals surface area contributed by atoms with Gasteiger partial charge in [0.25, 0.3) is 0 Å². The topological polar surface area (TPSA) is 46.3 Å². The second-order valence-corrected chi connectivity index (χ2v) is 4.78. The first-order valence-electron chi connectivity index (χ1n) is 5.35. The summed E-state index contributed by atoms with van der Waals surface area (Å²) in [6, 6.07) is 5.06. The van der Waals surface area contributed by atoms with E-state index in [1.54, 1.807) is 18.2 Å². The predicted octanol–water partition coefficient (Wildman–Crippen LogP) is 2.06. The zero-order valence-electron chi connectivity index (χ0n) is 9.24. The average Bonchev–Trinajstić information content (AvgIpc) is 2.67. The molecule has 1 aliphatic heterocycles. The third-order valence-electron chi connectivity index (χ3n) is 3.04. The third-order valence-corrected chi connectivity index (χ3v) is 3.28. The van der Waals surface area contributed by atoms with Crippen LogP contribution in [0.2, 0.25) is 5.02 Å². The molecule has 0 radical (unpaired) electrons. The summed E-state index contributed by atoms with van der Waals surface area (Å²) < 4.78 is 0. The van der Waals surface area contributed by atoms with E-state index in [1.807, 2.05) is 7.05 Å². The van der Waals surface area contributed by atoms with Crippen molar-refractivity contribution < 1.29 is 4.79 Å². The fraction of sp³-hybridized carbons (Fsp3) is 0.417. The molecule has 0 saturated carbocycles. The molecule has 1 aromatic carbocycles. The quantitative estimate of drug-likeness (QED) is 0.634. The molecule has 1 aliphatic rings. The van der Waals surface area contributed by atoms with Gasteiger partial charge < -0.3 is 10.6 Å². The maximum absolute atomic E-state index is 12.2. The fourth-order valence-electron chi connectivity index (χ4n) is 2.11. The molecule has 3 nitrogen and oxygen atoms in total. The molecule has 1 heterocycles. The lowest BCUT2D eigenvalue weighted by molar-refractivity contribution is 0.0925. The van der Waals surface area contributed by atoms with Crippen LogP contribution < -0.4 is 5.73 Å². The molecule has 1 unspecified atom stereocenters. The lowest BCUT2D eigenvalue weighted by Gasteiger charge is -2.11. The Morgan fingerprint density at radius 1 is 1.56 bits per heavy atom. The zero-order valence-corrected chi connectivity index (χ0v) is 10.00. The number of ketones is 1. The van der Waals surface area contributed by atoms with Gasteiger partial charge in [-0.05, 0) is 38.2 Å². The van der Waals surface area contributed by atoms with Gasteiger partial charge in [0.1, 0.15) is 0 Å². The molecular formula is C12H15ClN2O. The van der Waals surface area contributed by atoms with E-state index in [0.29, 0.717) is 16.3 Å². The lowest BCUT2D eigenvalue weighted by atomic mass is 9.96. The zero-order chi connectivity index (χ0) is 11.7. The Hall–Kier alpha value is -1.06. The molecule has 0 aliphatic carbocycles. The minimum Gasteiger partial charge on any atom is -0.398 e. The molecule has 0 bridgehead atoms. The number of hydrogen-bond acceptors (Lipinski definition) is 3. The molecule has 1 saturated heterocycles. The van der Waals surface area contributed by atoms with Crippen LogP contribution in [0, 0.1) is 5.92 Å². The molecule has 2 N–H and O–H groups in total. The number of carbonyl (C=O) groups is 1. The number of anilines is 1. The average molecular weight is 239 g/mol. The van der Waals surface area contributed by atoms with Crippen LogP contribution in [0.1, 0.15) is 16.8 Å². The number of likely N-dealkylation sites (tertiary alicyclic amines) is 1. The minimum atomic E-state index is 0.0609. The van der Waals surface area contributed by atoms with E-state index in [-0.39, 0.29) is 11.7 Å². The molecule has 2 rings (SSSR count). The van der Waals surface area contributed by atoms with Crippen LogP contribution in [0.3, 0.4) is 0 Å². The Morgan fingerprint density at radius 3 is 2.94 bits per heavy atom. The number of rotatable bonds is 2. The third kappa shape index (κ3) is 2.20. The number of carbonyl (C=O) groups excluding carboxylic acids is 1. The van der Waals surface area contributed by atoms with Crippen molar-refractivity contribution in [3.05, 3.63) is 28.8 Å². The summed E-state index contributed by atoms with van der Waals surface area (Å²) in [5.74, 6) is 0.176. The molecule has 0 spiro atoms. The Bertz CT molecular complexity index is 419. The highest BCUT2D eigenvalue weighted by atomic mass is 35.5. The van der Waals surface area contributed by atoms with Crippen molar-refractivity contribution in [2.75, 3.05) is 25.9 Å². The van der Waals surface area contributed by atoms with Crippen LogP contribution in [0.25, 0.3) is 0 Å². The van der Waals surface area contributed by atoms with Gasteiger partial charge in [-0.15, -0.1) is 0 Å². The van der Waals surface area contributed by atoms with Crippen LogP contribution in [-0.4, -0.2) is 30.8 Å². The molecule has 1 aromatic rings. The maximum atomic E-state index is 12.2. The van der Waals surface area contributed by atoms with Crippen molar-refractivity contribution in [1.29, 1.82) is 0 Å². The number of benzene rings is 1. The van der Waals surface area contributed by atoms with Gasteiger partial charge in [0.2, 0.25) is 0 Å². The molecule has 1 fully saturated rings. The van der Waals surface area contributed by atoms with Gasteiger partial charge >= 0.3 is 0 Å². The molecule has 4 heteroatoms. The van der Waals surface area contributed by atoms with Crippen molar-refractivity contribution in [2.45, 2.75) is 6.42 Å². The van der Waals surface area contributed by atoms with Crippen molar-refractivity contribution >= 4 is 23.1 Å². The highest BCUT2D eigenvalue weighted by molar-refractivity contribution is 6.31. The maximum Gasteiger partial charge on any atom is 0.169 e. The number of Topliss-reactive ketones (excluding diaryl/α,β-unsaturated/α-hetero) is 1. The van der Waals surface area contributed by atoms with Gasteiger partial charge in [-0.3, -0.25) is 4.79 Å². The van der Waals surface area contributed by atoms with Gasteiger partial charge in [0.05, 0.1) is 0 Å². The van der Waals surface area contributed by atoms with Gasteiger partial charge in [-0.25, -0.2) is 0 Å². The summed E-state index contributed by atoms with van der Waals surface area (Å²) in [7, 11) is 2.02. The van der Waals surface area contributed by atoms with Crippen LogP contribution >= 0.6 is 11.6 Å². The summed E-state index contributed by atoms with van der Waals surface area (Å²) in [6.07, 6.45) is 0.904.